The second-order valence-corrected chi connectivity index (χ2v) is 7.45. The van der Waals surface area contributed by atoms with Crippen molar-refractivity contribution in [2.75, 3.05) is 19.9 Å². The molecule has 0 saturated heterocycles. The molecule has 0 spiro atoms. The Morgan fingerprint density at radius 2 is 1.76 bits per heavy atom. The Labute approximate surface area is 135 Å². The highest BCUT2D eigenvalue weighted by atomic mass is 31.2. The highest BCUT2D eigenvalue weighted by Crippen LogP contribution is 2.34. The zero-order chi connectivity index (χ0) is 16.7. The molecule has 1 atom stereocenters. The van der Waals surface area contributed by atoms with Gasteiger partial charge in [0.2, 0.25) is 0 Å². The van der Waals surface area contributed by atoms with Crippen LogP contribution in [0, 0.1) is 0 Å². The number of hydrogen-bond acceptors (Lipinski definition) is 2. The predicted molar refractivity (Wildman–Crippen MR) is 103 cm³/mol. The molecule has 0 amide bonds. The summed E-state index contributed by atoms with van der Waals surface area (Å²) in [6.07, 6.45) is 6.61. The number of allylic oxidation sites excluding steroid dienone is 3. The molecule has 0 fully saturated rings. The van der Waals surface area contributed by atoms with Crippen molar-refractivity contribution in [3.05, 3.63) is 54.6 Å². The van der Waals surface area contributed by atoms with Crippen LogP contribution >= 0.6 is 17.5 Å². The number of hydrogen-bond donors (Lipinski definition) is 1. The lowest BCUT2D eigenvalue weighted by molar-refractivity contribution is 0.475. The molecule has 4 heteroatoms. The van der Waals surface area contributed by atoms with E-state index in [0.717, 1.165) is 13.0 Å². The van der Waals surface area contributed by atoms with E-state index in [1.165, 1.54) is 5.56 Å². The van der Waals surface area contributed by atoms with Gasteiger partial charge in [0.05, 0.1) is 0 Å². The molecule has 0 radical (unpaired) electrons. The lowest BCUT2D eigenvalue weighted by Crippen LogP contribution is -2.08. The molecule has 0 bridgehead atoms. The number of aromatic hydroxyl groups is 1. The van der Waals surface area contributed by atoms with Crippen LogP contribution in [-0.2, 0) is 6.42 Å². The summed E-state index contributed by atoms with van der Waals surface area (Å²) >= 11 is 0. The highest BCUT2D eigenvalue weighted by molar-refractivity contribution is 7.58. The molecule has 0 aliphatic rings. The molecule has 2 nitrogen and oxygen atoms in total. The van der Waals surface area contributed by atoms with Gasteiger partial charge in [0.25, 0.3) is 0 Å². The van der Waals surface area contributed by atoms with Crippen molar-refractivity contribution >= 4 is 17.5 Å². The third-order valence-electron chi connectivity index (χ3n) is 2.41. The normalized spacial score (nSPS) is 9.90. The van der Waals surface area contributed by atoms with E-state index in [2.05, 4.69) is 33.7 Å². The van der Waals surface area contributed by atoms with Crippen LogP contribution in [0.5, 0.6) is 5.75 Å². The van der Waals surface area contributed by atoms with Gasteiger partial charge in [-0.05, 0) is 52.4 Å². The Morgan fingerprint density at radius 1 is 1.24 bits per heavy atom. The Balaban J connectivity index is 0. The Kier molecular flexibility index (Phi) is 16.9. The summed E-state index contributed by atoms with van der Waals surface area (Å²) in [5.41, 5.74) is 1.27. The van der Waals surface area contributed by atoms with E-state index in [-0.39, 0.29) is 8.07 Å². The average molecular weight is 327 g/mol. The Bertz CT molecular complexity index is 375. The number of rotatable bonds is 5. The van der Waals surface area contributed by atoms with Gasteiger partial charge in [-0.1, -0.05) is 60.2 Å². The van der Waals surface area contributed by atoms with Crippen LogP contribution < -0.4 is 0 Å². The lowest BCUT2D eigenvalue weighted by atomic mass is 10.1. The summed E-state index contributed by atoms with van der Waals surface area (Å²) in [4.78, 5) is 0. The first kappa shape index (κ1) is 22.6. The molecular weight excluding hydrogens is 296 g/mol. The van der Waals surface area contributed by atoms with Crippen molar-refractivity contribution in [1.82, 2.24) is 4.44 Å². The molecule has 0 heterocycles. The van der Waals surface area contributed by atoms with E-state index in [4.69, 9.17) is 5.11 Å². The van der Waals surface area contributed by atoms with E-state index in [0.29, 0.717) is 5.75 Å². The fourth-order valence-corrected chi connectivity index (χ4v) is 1.87. The van der Waals surface area contributed by atoms with Crippen molar-refractivity contribution in [3.63, 3.8) is 0 Å². The zero-order valence-corrected chi connectivity index (χ0v) is 16.1. The van der Waals surface area contributed by atoms with Crippen LogP contribution in [0.4, 0.5) is 0 Å². The topological polar surface area (TPSA) is 23.5 Å². The maximum atomic E-state index is 9.11. The van der Waals surface area contributed by atoms with E-state index < -0.39 is 0 Å². The minimum Gasteiger partial charge on any atom is -0.508 e. The summed E-state index contributed by atoms with van der Waals surface area (Å²) in [6.45, 7) is 14.9. The third-order valence-corrected chi connectivity index (χ3v) is 5.28. The van der Waals surface area contributed by atoms with Gasteiger partial charge in [0, 0.05) is 6.54 Å². The molecule has 1 unspecified atom stereocenters. The molecule has 1 rings (SSSR count). The summed E-state index contributed by atoms with van der Waals surface area (Å²) in [5.74, 6) is 0.338. The van der Waals surface area contributed by atoms with Crippen LogP contribution in [-0.4, -0.2) is 29.4 Å². The number of phenolic OH excluding ortho intramolecular Hbond substituents is 1. The third kappa shape index (κ3) is 14.0. The molecular formula is C17H31NOP2. The monoisotopic (exact) mass is 327 g/mol. The molecule has 0 aromatic heterocycles. The first-order chi connectivity index (χ1) is 10.0. The first-order valence-corrected chi connectivity index (χ1v) is 9.92. The van der Waals surface area contributed by atoms with Crippen LogP contribution in [0.1, 0.15) is 26.3 Å². The Hall–Kier alpha value is -0.680. The summed E-state index contributed by atoms with van der Waals surface area (Å²) < 4.78 is 2.29. The van der Waals surface area contributed by atoms with Gasteiger partial charge >= 0.3 is 0 Å². The van der Waals surface area contributed by atoms with Gasteiger partial charge in [-0.15, -0.1) is 0 Å². The Morgan fingerprint density at radius 3 is 2.10 bits per heavy atom. The fourth-order valence-electron chi connectivity index (χ4n) is 1.24. The van der Waals surface area contributed by atoms with Gasteiger partial charge < -0.3 is 5.11 Å². The van der Waals surface area contributed by atoms with Gasteiger partial charge in [0.15, 0.2) is 0 Å². The van der Waals surface area contributed by atoms with Gasteiger partial charge in [-0.3, -0.25) is 4.44 Å². The second-order valence-electron chi connectivity index (χ2n) is 4.19. The number of benzene rings is 1. The van der Waals surface area contributed by atoms with Crippen molar-refractivity contribution < 1.29 is 5.11 Å². The standard InChI is InChI=1S/C10H17NOP2.C5H8.C2H6/c1-14(2)11(13)8-7-9-3-5-10(12)6-4-9;1-3-5-4-2;1-2/h3-6,12H,7-8,13H2,1-2H3;3-5H,1H2,2H3;1-2H3/b;5-4-;. The molecule has 21 heavy (non-hydrogen) atoms. The van der Waals surface area contributed by atoms with E-state index in [1.807, 2.05) is 45.1 Å². The van der Waals surface area contributed by atoms with Crippen molar-refractivity contribution in [3.8, 4) is 5.75 Å². The fraction of sp³-hybridized carbons (Fsp3) is 0.412. The van der Waals surface area contributed by atoms with Crippen LogP contribution in [0.15, 0.2) is 49.1 Å². The summed E-state index contributed by atoms with van der Waals surface area (Å²) in [6, 6.07) is 7.43. The molecule has 0 aliphatic carbocycles. The van der Waals surface area contributed by atoms with E-state index in [9.17, 15) is 0 Å². The molecule has 120 valence electrons. The summed E-state index contributed by atoms with van der Waals surface area (Å²) in [7, 11) is 2.75. The molecule has 1 N–H and O–H groups in total. The second kappa shape index (κ2) is 15.7. The van der Waals surface area contributed by atoms with Crippen LogP contribution in [0.3, 0.4) is 0 Å². The summed E-state index contributed by atoms with van der Waals surface area (Å²) in [5, 5.41) is 9.11. The van der Waals surface area contributed by atoms with Gasteiger partial charge in [-0.2, -0.15) is 0 Å². The number of phenols is 1. The number of nitrogens with zero attached hydrogens (tertiary/aromatic N) is 1. The van der Waals surface area contributed by atoms with E-state index >= 15 is 0 Å². The van der Waals surface area contributed by atoms with Gasteiger partial charge in [0.1, 0.15) is 5.75 Å². The first-order valence-electron chi connectivity index (χ1n) is 7.22. The lowest BCUT2D eigenvalue weighted by Gasteiger charge is -2.20. The van der Waals surface area contributed by atoms with Crippen molar-refractivity contribution in [1.29, 1.82) is 0 Å². The quantitative estimate of drug-likeness (QED) is 0.573. The minimum absolute atomic E-state index is 0.0172. The zero-order valence-electron chi connectivity index (χ0n) is 14.1. The van der Waals surface area contributed by atoms with Gasteiger partial charge in [-0.25, -0.2) is 0 Å². The van der Waals surface area contributed by atoms with Crippen LogP contribution in [0.2, 0.25) is 0 Å². The molecule has 0 saturated carbocycles. The molecule has 0 aliphatic heterocycles. The SMILES string of the molecule is C=C/C=C\C.CC.CP(C)N(P)CCc1ccc(O)cc1. The van der Waals surface area contributed by atoms with Crippen molar-refractivity contribution in [2.45, 2.75) is 27.2 Å². The maximum absolute atomic E-state index is 9.11. The smallest absolute Gasteiger partial charge is 0.115 e. The van der Waals surface area contributed by atoms with E-state index in [1.54, 1.807) is 18.2 Å². The van der Waals surface area contributed by atoms with Crippen molar-refractivity contribution in [2.24, 2.45) is 0 Å². The molecule has 1 aromatic carbocycles. The molecule has 1 aromatic rings. The maximum Gasteiger partial charge on any atom is 0.115 e. The van der Waals surface area contributed by atoms with Crippen LogP contribution in [0.25, 0.3) is 0 Å². The highest BCUT2D eigenvalue weighted by Gasteiger charge is 2.02. The average Bonchev–Trinajstić information content (AvgIpc) is 2.50. The predicted octanol–water partition coefficient (Wildman–Crippen LogP) is 5.46. The minimum atomic E-state index is -0.0172. The largest absolute Gasteiger partial charge is 0.508 e.